The molecule has 0 atom stereocenters. The number of aromatic nitrogens is 2. The van der Waals surface area contributed by atoms with Gasteiger partial charge < -0.3 is 26.8 Å². The van der Waals surface area contributed by atoms with Crippen LogP contribution in [0.5, 0.6) is 0 Å². The lowest BCUT2D eigenvalue weighted by atomic mass is 10.1. The molecule has 1 aromatic heterocycles. The Morgan fingerprint density at radius 1 is 1.00 bits per heavy atom. The number of anilines is 2. The first-order valence-electron chi connectivity index (χ1n) is 8.76. The van der Waals surface area contributed by atoms with Crippen molar-refractivity contribution in [2.45, 2.75) is 52.6 Å². The molecule has 150 valence electrons. The second-order valence-electron chi connectivity index (χ2n) is 6.90. The fourth-order valence-electron chi connectivity index (χ4n) is 2.03. The smallest absolute Gasteiger partial charge is 0.407 e. The number of amides is 2. The molecule has 0 aromatic carbocycles. The van der Waals surface area contributed by atoms with Crippen molar-refractivity contribution in [2.75, 3.05) is 24.6 Å². The monoisotopic (exact) mass is 380 g/mol. The Bertz CT molecular complexity index is 699. The molecule has 0 aliphatic carbocycles. The standard InChI is InChI=1S/C17H28N6O4/c1-5-8-20-15(25)12-14(19)22-11(13(18)23-12)10(24)7-6-9-21-16(26)27-17(2,3)4/h5-9H2,1-4H3,(H2,18,23)(H2,19,22)(H,20,25)(H,21,26). The maximum Gasteiger partial charge on any atom is 0.407 e. The van der Waals surface area contributed by atoms with Crippen LogP contribution in [0.25, 0.3) is 0 Å². The largest absolute Gasteiger partial charge is 0.444 e. The van der Waals surface area contributed by atoms with Crippen LogP contribution in [0, 0.1) is 0 Å². The van der Waals surface area contributed by atoms with Crippen LogP contribution >= 0.6 is 0 Å². The number of nitrogens with zero attached hydrogens (tertiary/aromatic N) is 2. The van der Waals surface area contributed by atoms with Crippen molar-refractivity contribution in [3.05, 3.63) is 11.4 Å². The molecule has 0 radical (unpaired) electrons. The number of carbonyl (C=O) groups is 3. The summed E-state index contributed by atoms with van der Waals surface area (Å²) in [7, 11) is 0. The quantitative estimate of drug-likeness (QED) is 0.387. The van der Waals surface area contributed by atoms with E-state index in [2.05, 4.69) is 20.6 Å². The van der Waals surface area contributed by atoms with Gasteiger partial charge in [0.05, 0.1) is 0 Å². The molecule has 2 amide bonds. The lowest BCUT2D eigenvalue weighted by molar-refractivity contribution is 0.0525. The number of carbonyl (C=O) groups excluding carboxylic acids is 3. The number of nitrogens with two attached hydrogens (primary N) is 2. The van der Waals surface area contributed by atoms with Crippen molar-refractivity contribution in [3.8, 4) is 0 Å². The highest BCUT2D eigenvalue weighted by molar-refractivity contribution is 6.01. The molecule has 0 bridgehead atoms. The summed E-state index contributed by atoms with van der Waals surface area (Å²) in [5, 5.41) is 5.18. The van der Waals surface area contributed by atoms with E-state index in [1.807, 2.05) is 6.92 Å². The first kappa shape index (κ1) is 22.1. The number of Topliss-reactive ketones (excluding diaryl/α,β-unsaturated/α-hetero) is 1. The lowest BCUT2D eigenvalue weighted by Gasteiger charge is -2.19. The molecule has 0 aliphatic heterocycles. The Morgan fingerprint density at radius 3 is 2.19 bits per heavy atom. The van der Waals surface area contributed by atoms with Gasteiger partial charge in [0.1, 0.15) is 5.60 Å². The number of hydrogen-bond acceptors (Lipinski definition) is 8. The maximum absolute atomic E-state index is 12.3. The molecule has 10 heteroatoms. The second-order valence-corrected chi connectivity index (χ2v) is 6.90. The van der Waals surface area contributed by atoms with Gasteiger partial charge in [-0.15, -0.1) is 0 Å². The Balaban J connectivity index is 2.62. The third kappa shape index (κ3) is 7.47. The molecule has 0 aliphatic rings. The van der Waals surface area contributed by atoms with Crippen molar-refractivity contribution >= 4 is 29.4 Å². The summed E-state index contributed by atoms with van der Waals surface area (Å²) < 4.78 is 5.10. The fraction of sp³-hybridized carbons (Fsp3) is 0.588. The third-order valence-electron chi connectivity index (χ3n) is 3.21. The van der Waals surface area contributed by atoms with E-state index in [9.17, 15) is 14.4 Å². The summed E-state index contributed by atoms with van der Waals surface area (Å²) in [6.07, 6.45) is 0.636. The van der Waals surface area contributed by atoms with Gasteiger partial charge in [-0.05, 0) is 33.6 Å². The predicted molar refractivity (Wildman–Crippen MR) is 101 cm³/mol. The highest BCUT2D eigenvalue weighted by Crippen LogP contribution is 2.15. The van der Waals surface area contributed by atoms with Gasteiger partial charge in [0.15, 0.2) is 28.8 Å². The molecule has 1 heterocycles. The van der Waals surface area contributed by atoms with Crippen LogP contribution in [-0.2, 0) is 4.74 Å². The van der Waals surface area contributed by atoms with Crippen LogP contribution in [0.3, 0.4) is 0 Å². The van der Waals surface area contributed by atoms with Gasteiger partial charge in [0.2, 0.25) is 0 Å². The predicted octanol–water partition coefficient (Wildman–Crippen LogP) is 1.27. The van der Waals surface area contributed by atoms with Crippen molar-refractivity contribution in [2.24, 2.45) is 0 Å². The molecule has 0 saturated heterocycles. The molecule has 0 spiro atoms. The number of alkyl carbamates (subject to hydrolysis) is 1. The van der Waals surface area contributed by atoms with E-state index in [4.69, 9.17) is 16.2 Å². The molecule has 27 heavy (non-hydrogen) atoms. The zero-order valence-corrected chi connectivity index (χ0v) is 16.2. The zero-order chi connectivity index (χ0) is 20.6. The van der Waals surface area contributed by atoms with Crippen LogP contribution < -0.4 is 22.1 Å². The van der Waals surface area contributed by atoms with Gasteiger partial charge in [-0.25, -0.2) is 14.8 Å². The number of rotatable bonds is 8. The van der Waals surface area contributed by atoms with Crippen molar-refractivity contribution < 1.29 is 19.1 Å². The Morgan fingerprint density at radius 2 is 1.59 bits per heavy atom. The van der Waals surface area contributed by atoms with E-state index in [0.717, 1.165) is 6.42 Å². The minimum Gasteiger partial charge on any atom is -0.444 e. The van der Waals surface area contributed by atoms with E-state index in [1.165, 1.54) is 0 Å². The summed E-state index contributed by atoms with van der Waals surface area (Å²) in [6.45, 7) is 7.89. The highest BCUT2D eigenvalue weighted by Gasteiger charge is 2.20. The highest BCUT2D eigenvalue weighted by atomic mass is 16.6. The molecule has 0 saturated carbocycles. The first-order valence-corrected chi connectivity index (χ1v) is 8.76. The van der Waals surface area contributed by atoms with Crippen molar-refractivity contribution in [1.29, 1.82) is 0 Å². The van der Waals surface area contributed by atoms with Gasteiger partial charge in [-0.1, -0.05) is 6.92 Å². The van der Waals surface area contributed by atoms with E-state index in [1.54, 1.807) is 20.8 Å². The minimum absolute atomic E-state index is 0.0789. The average Bonchev–Trinajstić information content (AvgIpc) is 2.56. The molecule has 1 rings (SSSR count). The molecule has 10 nitrogen and oxygen atoms in total. The van der Waals surface area contributed by atoms with Crippen LogP contribution in [0.1, 0.15) is 67.9 Å². The van der Waals surface area contributed by atoms with Gasteiger partial charge >= 0.3 is 6.09 Å². The second kappa shape index (κ2) is 9.70. The summed E-state index contributed by atoms with van der Waals surface area (Å²) in [5.41, 5.74) is 10.7. The number of ketones is 1. The average molecular weight is 380 g/mol. The molecule has 0 unspecified atom stereocenters. The lowest BCUT2D eigenvalue weighted by Crippen LogP contribution is -2.33. The van der Waals surface area contributed by atoms with Crippen LogP contribution in [0.15, 0.2) is 0 Å². The Kier molecular flexibility index (Phi) is 7.95. The van der Waals surface area contributed by atoms with Gasteiger partial charge in [0, 0.05) is 19.5 Å². The molecular weight excluding hydrogens is 352 g/mol. The van der Waals surface area contributed by atoms with Gasteiger partial charge in [-0.2, -0.15) is 0 Å². The molecular formula is C17H28N6O4. The van der Waals surface area contributed by atoms with Crippen LogP contribution in [0.4, 0.5) is 16.4 Å². The summed E-state index contributed by atoms with van der Waals surface area (Å²) in [6, 6.07) is 0. The fourth-order valence-corrected chi connectivity index (χ4v) is 2.03. The number of nitrogens with one attached hydrogen (secondary N) is 2. The van der Waals surface area contributed by atoms with Crippen LogP contribution in [0.2, 0.25) is 0 Å². The van der Waals surface area contributed by atoms with E-state index >= 15 is 0 Å². The topological polar surface area (TPSA) is 162 Å². The maximum atomic E-state index is 12.3. The van der Waals surface area contributed by atoms with Crippen LogP contribution in [-0.4, -0.2) is 46.4 Å². The molecule has 0 fully saturated rings. The van der Waals surface area contributed by atoms with E-state index in [-0.39, 0.29) is 41.8 Å². The first-order chi connectivity index (χ1) is 12.5. The van der Waals surface area contributed by atoms with Crippen molar-refractivity contribution in [1.82, 2.24) is 20.6 Å². The number of nitrogen functional groups attached to an aromatic ring is 2. The van der Waals surface area contributed by atoms with Gasteiger partial charge in [0.25, 0.3) is 5.91 Å². The Labute approximate surface area is 158 Å². The summed E-state index contributed by atoms with van der Waals surface area (Å²) in [5.74, 6) is -1.18. The zero-order valence-electron chi connectivity index (χ0n) is 16.2. The molecule has 6 N–H and O–H groups in total. The number of ether oxygens (including phenoxy) is 1. The molecule has 1 aromatic rings. The summed E-state index contributed by atoms with van der Waals surface area (Å²) in [4.78, 5) is 43.6. The number of hydrogen-bond donors (Lipinski definition) is 4. The van der Waals surface area contributed by atoms with Crippen molar-refractivity contribution in [3.63, 3.8) is 0 Å². The normalized spacial score (nSPS) is 11.0. The van der Waals surface area contributed by atoms with E-state index in [0.29, 0.717) is 13.0 Å². The van der Waals surface area contributed by atoms with E-state index < -0.39 is 17.6 Å². The SMILES string of the molecule is CCCNC(=O)c1nc(N)c(C(=O)CCCNC(=O)OC(C)(C)C)nc1N. The Hall–Kier alpha value is -2.91. The van der Waals surface area contributed by atoms with Gasteiger partial charge in [-0.3, -0.25) is 9.59 Å². The summed E-state index contributed by atoms with van der Waals surface area (Å²) >= 11 is 0. The third-order valence-corrected chi connectivity index (χ3v) is 3.21. The minimum atomic E-state index is -0.591.